The van der Waals surface area contributed by atoms with E-state index in [0.29, 0.717) is 0 Å². The molecule has 0 radical (unpaired) electrons. The SMILES string of the molecule is c1ccc(C2(c3cccc(-c4ccc5ccc(-c6ccccc6N(c6ccc(-c7cc8ccccc8c8ccccc78)cc6)c6cccc7c6oc6ccccc67)cc5c4)c3)c3ccccc3-c3c(N(c4ccc(-c5cc6ccccc6c6ccccc56)cc4)c4ccccc4-c4ccc5ccccc5c4)cccc32)cc1. The summed E-state index contributed by atoms with van der Waals surface area (Å²) in [5.74, 6) is 0. The third kappa shape index (κ3) is 10.4. The van der Waals surface area contributed by atoms with Crippen LogP contribution in [0.2, 0.25) is 0 Å². The number of hydrogen-bond donors (Lipinski definition) is 0. The second-order valence-corrected chi connectivity index (χ2v) is 29.7. The third-order valence-corrected chi connectivity index (χ3v) is 23.7. The van der Waals surface area contributed by atoms with Crippen LogP contribution in [-0.2, 0) is 5.41 Å². The highest BCUT2D eigenvalue weighted by atomic mass is 16.3. The largest absolute Gasteiger partial charge is 0.454 e. The van der Waals surface area contributed by atoms with Gasteiger partial charge in [0.15, 0.2) is 5.58 Å². The van der Waals surface area contributed by atoms with Crippen molar-refractivity contribution in [1.82, 2.24) is 0 Å². The average Bonchev–Trinajstić information content (AvgIpc) is 1.52. The smallest absolute Gasteiger partial charge is 0.159 e. The maximum atomic E-state index is 6.92. The van der Waals surface area contributed by atoms with Crippen LogP contribution in [0.15, 0.2) is 429 Å². The van der Waals surface area contributed by atoms with E-state index in [0.717, 1.165) is 106 Å². The van der Waals surface area contributed by atoms with Crippen molar-refractivity contribution in [2.75, 3.05) is 9.80 Å². The Kier molecular flexibility index (Phi) is 15.2. The van der Waals surface area contributed by atoms with Gasteiger partial charge in [-0.15, -0.1) is 0 Å². The van der Waals surface area contributed by atoms with Gasteiger partial charge in [0.1, 0.15) is 5.58 Å². The van der Waals surface area contributed by atoms with Gasteiger partial charge in [-0.2, -0.15) is 0 Å². The molecule has 3 nitrogen and oxygen atoms in total. The van der Waals surface area contributed by atoms with Gasteiger partial charge < -0.3 is 14.2 Å². The van der Waals surface area contributed by atoms with Crippen molar-refractivity contribution < 1.29 is 4.42 Å². The average molecular weight is 1420 g/mol. The topological polar surface area (TPSA) is 19.6 Å². The van der Waals surface area contributed by atoms with Crippen molar-refractivity contribution in [3.05, 3.63) is 447 Å². The van der Waals surface area contributed by atoms with E-state index in [-0.39, 0.29) is 0 Å². The van der Waals surface area contributed by atoms with Crippen LogP contribution in [0.25, 0.3) is 153 Å². The second kappa shape index (κ2) is 26.3. The predicted molar refractivity (Wildman–Crippen MR) is 473 cm³/mol. The maximum Gasteiger partial charge on any atom is 0.159 e. The number of fused-ring (bicyclic) bond motifs is 14. The number of para-hydroxylation sites is 4. The molecule has 1 unspecified atom stereocenters. The van der Waals surface area contributed by atoms with E-state index in [4.69, 9.17) is 4.42 Å². The van der Waals surface area contributed by atoms with Crippen molar-refractivity contribution >= 4 is 121 Å². The maximum absolute atomic E-state index is 6.92. The molecule has 0 fully saturated rings. The van der Waals surface area contributed by atoms with Crippen LogP contribution in [-0.4, -0.2) is 0 Å². The molecule has 0 amide bonds. The molecule has 22 rings (SSSR count). The molecular weight excluding hydrogens is 1350 g/mol. The van der Waals surface area contributed by atoms with E-state index >= 15 is 0 Å². The van der Waals surface area contributed by atoms with Crippen LogP contribution in [0.5, 0.6) is 0 Å². The van der Waals surface area contributed by atoms with E-state index in [1.165, 1.54) is 104 Å². The molecule has 20 aromatic carbocycles. The van der Waals surface area contributed by atoms with Gasteiger partial charge in [-0.05, 0) is 228 Å². The minimum atomic E-state index is -0.735. The van der Waals surface area contributed by atoms with Crippen LogP contribution in [0.1, 0.15) is 22.3 Å². The summed E-state index contributed by atoms with van der Waals surface area (Å²) in [6, 6.07) is 157. The highest BCUT2D eigenvalue weighted by Gasteiger charge is 2.48. The molecule has 1 aliphatic carbocycles. The number of anilines is 6. The van der Waals surface area contributed by atoms with Crippen molar-refractivity contribution in [1.29, 1.82) is 0 Å². The van der Waals surface area contributed by atoms with Gasteiger partial charge in [-0.25, -0.2) is 0 Å². The van der Waals surface area contributed by atoms with Crippen LogP contribution in [0.4, 0.5) is 34.1 Å². The van der Waals surface area contributed by atoms with Crippen molar-refractivity contribution in [3.63, 3.8) is 0 Å². The highest BCUT2D eigenvalue weighted by Crippen LogP contribution is 2.61. The number of hydrogen-bond acceptors (Lipinski definition) is 3. The third-order valence-electron chi connectivity index (χ3n) is 23.7. The fourth-order valence-corrected chi connectivity index (χ4v) is 18.6. The first-order chi connectivity index (χ1) is 55.5. The number of furan rings is 1. The molecule has 1 aromatic heterocycles. The molecule has 1 atom stereocenters. The van der Waals surface area contributed by atoms with Crippen LogP contribution < -0.4 is 9.80 Å². The molecule has 112 heavy (non-hydrogen) atoms. The van der Waals surface area contributed by atoms with Gasteiger partial charge in [0.25, 0.3) is 0 Å². The highest BCUT2D eigenvalue weighted by molar-refractivity contribution is 6.16. The fraction of sp³-hybridized carbons (Fsp3) is 0.00917. The second-order valence-electron chi connectivity index (χ2n) is 29.7. The summed E-state index contributed by atoms with van der Waals surface area (Å²) in [5.41, 5.74) is 26.0. The Morgan fingerprint density at radius 1 is 0.196 bits per heavy atom. The zero-order valence-electron chi connectivity index (χ0n) is 61.2. The fourth-order valence-electron chi connectivity index (χ4n) is 18.6. The van der Waals surface area contributed by atoms with Crippen molar-refractivity contribution in [2.45, 2.75) is 5.41 Å². The summed E-state index contributed by atoms with van der Waals surface area (Å²) in [4.78, 5) is 4.93. The molecule has 21 aromatic rings. The lowest BCUT2D eigenvalue weighted by Gasteiger charge is -2.35. The lowest BCUT2D eigenvalue weighted by atomic mass is 9.67. The molecule has 0 saturated carbocycles. The molecule has 0 saturated heterocycles. The standard InChI is InChI=1S/C109H70N2O/c1-2-30-83(31-3-1)109(100-44-18-14-42-97(100)107-101(109)45-24-48-104(107)110(102-46-19-15-35-89(102)80-55-52-71-25-4-5-26-75(71)65-80)85-61-57-73(58-62-85)98-69-78-27-6-8-33-87(78)91-37-10-12-39-93(91)98)84-32-22-29-76(68-84)77-54-51-72-53-56-81(67-82(72)66-77)90-36-16-20-47-103(90)111(105-49-23-43-96-95-41-17-21-50-106(95)112-108(96)105)86-63-59-74(60-64-86)99-70-79-28-7-9-34-88(79)92-38-11-13-40-94(92)99/h1-70H. The van der Waals surface area contributed by atoms with Crippen LogP contribution in [0.3, 0.4) is 0 Å². The molecule has 0 aliphatic heterocycles. The Hall–Kier alpha value is -14.6. The monoisotopic (exact) mass is 1420 g/mol. The van der Waals surface area contributed by atoms with Gasteiger partial charge >= 0.3 is 0 Å². The first kappa shape index (κ1) is 64.5. The van der Waals surface area contributed by atoms with Gasteiger partial charge in [-0.3, -0.25) is 0 Å². The van der Waals surface area contributed by atoms with Gasteiger partial charge in [-0.1, -0.05) is 334 Å². The molecule has 0 bridgehead atoms. The molecule has 0 spiro atoms. The quantitative estimate of drug-likeness (QED) is 0.107. The summed E-state index contributed by atoms with van der Waals surface area (Å²) in [6.07, 6.45) is 0. The van der Waals surface area contributed by atoms with Crippen molar-refractivity contribution in [2.24, 2.45) is 0 Å². The lowest BCUT2D eigenvalue weighted by Crippen LogP contribution is -2.28. The molecular formula is C109H70N2O. The van der Waals surface area contributed by atoms with E-state index in [1.807, 2.05) is 0 Å². The zero-order valence-corrected chi connectivity index (χ0v) is 61.2. The molecule has 1 aliphatic rings. The Morgan fingerprint density at radius 2 is 0.607 bits per heavy atom. The molecule has 0 N–H and O–H groups in total. The zero-order chi connectivity index (χ0) is 73.8. The Bertz CT molecular complexity index is 7340. The van der Waals surface area contributed by atoms with Crippen LogP contribution in [0, 0.1) is 0 Å². The first-order valence-electron chi connectivity index (χ1n) is 38.7. The minimum absolute atomic E-state index is 0.735. The Morgan fingerprint density at radius 3 is 1.25 bits per heavy atom. The Labute approximate surface area is 649 Å². The van der Waals surface area contributed by atoms with Gasteiger partial charge in [0.2, 0.25) is 0 Å². The molecule has 522 valence electrons. The summed E-state index contributed by atoms with van der Waals surface area (Å²) in [6.45, 7) is 0. The summed E-state index contributed by atoms with van der Waals surface area (Å²) in [7, 11) is 0. The predicted octanol–water partition coefficient (Wildman–Crippen LogP) is 30.1. The van der Waals surface area contributed by atoms with Crippen molar-refractivity contribution in [3.8, 4) is 66.8 Å². The number of nitrogens with zero attached hydrogens (tertiary/aromatic N) is 2. The van der Waals surface area contributed by atoms with Gasteiger partial charge in [0, 0.05) is 38.8 Å². The summed E-state index contributed by atoms with van der Waals surface area (Å²) < 4.78 is 6.92. The van der Waals surface area contributed by atoms with Gasteiger partial charge in [0.05, 0.1) is 28.2 Å². The summed E-state index contributed by atoms with van der Waals surface area (Å²) in [5, 5.41) is 16.8. The first-order valence-corrected chi connectivity index (χ1v) is 38.7. The minimum Gasteiger partial charge on any atom is -0.454 e. The Balaban J connectivity index is 0.681. The van der Waals surface area contributed by atoms with E-state index < -0.39 is 5.41 Å². The van der Waals surface area contributed by atoms with Crippen LogP contribution >= 0.6 is 0 Å². The van der Waals surface area contributed by atoms with E-state index in [9.17, 15) is 0 Å². The lowest BCUT2D eigenvalue weighted by molar-refractivity contribution is 0.669. The number of benzene rings is 20. The normalized spacial score (nSPS) is 13.2. The van der Waals surface area contributed by atoms with E-state index in [1.54, 1.807) is 0 Å². The number of rotatable bonds is 13. The van der Waals surface area contributed by atoms with E-state index in [2.05, 4.69) is 434 Å². The molecule has 3 heteroatoms. The summed E-state index contributed by atoms with van der Waals surface area (Å²) >= 11 is 0. The molecule has 1 heterocycles.